The fourth-order valence-corrected chi connectivity index (χ4v) is 4.51. The molecule has 0 N–H and O–H groups in total. The molecule has 1 aliphatic heterocycles. The van der Waals surface area contributed by atoms with Crippen LogP contribution in [0, 0.1) is 0 Å². The van der Waals surface area contributed by atoms with Crippen molar-refractivity contribution in [1.82, 2.24) is 0 Å². The van der Waals surface area contributed by atoms with E-state index >= 15 is 0 Å². The van der Waals surface area contributed by atoms with E-state index in [0.29, 0.717) is 29.0 Å². The predicted octanol–water partition coefficient (Wildman–Crippen LogP) is 4.95. The van der Waals surface area contributed by atoms with E-state index in [0.717, 1.165) is 10.0 Å². The molecule has 0 saturated carbocycles. The maximum Gasteiger partial charge on any atom is 0.336 e. The van der Waals surface area contributed by atoms with Crippen molar-refractivity contribution in [3.8, 4) is 11.5 Å². The lowest BCUT2D eigenvalue weighted by molar-refractivity contribution is -0.136. The zero-order valence-corrected chi connectivity index (χ0v) is 21.3. The summed E-state index contributed by atoms with van der Waals surface area (Å²) in [6, 6.07) is 21.1. The molecule has 1 aliphatic rings. The third-order valence-electron chi connectivity index (χ3n) is 5.95. The molecular weight excluding hydrogens is 526 g/mol. The average Bonchev–Trinajstić information content (AvgIpc) is 2.91. The van der Waals surface area contributed by atoms with Crippen molar-refractivity contribution in [2.45, 2.75) is 12.0 Å². The summed E-state index contributed by atoms with van der Waals surface area (Å²) < 4.78 is 16.8. The van der Waals surface area contributed by atoms with Crippen molar-refractivity contribution in [2.75, 3.05) is 25.7 Å². The summed E-state index contributed by atoms with van der Waals surface area (Å²) in [5, 5.41) is 0. The van der Waals surface area contributed by atoms with Gasteiger partial charge < -0.3 is 19.1 Å². The fourth-order valence-electron chi connectivity index (χ4n) is 4.13. The summed E-state index contributed by atoms with van der Waals surface area (Å²) in [5.74, 6) is -0.150. The quantitative estimate of drug-likeness (QED) is 0.162. The van der Waals surface area contributed by atoms with Crippen LogP contribution < -0.4 is 14.4 Å². The van der Waals surface area contributed by atoms with E-state index in [1.165, 1.54) is 7.11 Å². The molecule has 36 heavy (non-hydrogen) atoms. The first-order chi connectivity index (χ1) is 17.5. The summed E-state index contributed by atoms with van der Waals surface area (Å²) >= 11 is 3.33. The van der Waals surface area contributed by atoms with E-state index in [2.05, 4.69) is 15.9 Å². The average molecular weight is 550 g/mol. The highest BCUT2D eigenvalue weighted by Gasteiger charge is 2.48. The largest absolute Gasteiger partial charge is 0.497 e. The minimum Gasteiger partial charge on any atom is -0.497 e. The number of halogens is 1. The van der Waals surface area contributed by atoms with Gasteiger partial charge in [0.05, 0.1) is 37.3 Å². The minimum absolute atomic E-state index is 0.0890. The molecule has 0 spiro atoms. The SMILES string of the molecule is COC(=O)/C(=C\[C@H]1[C@H](c2ccccc2)C(=O)N1c1ccc(OC)cc1)COc1ccc(Br)cc1C=O. The van der Waals surface area contributed by atoms with E-state index in [9.17, 15) is 14.4 Å². The van der Waals surface area contributed by atoms with Crippen molar-refractivity contribution in [2.24, 2.45) is 0 Å². The van der Waals surface area contributed by atoms with E-state index in [1.54, 1.807) is 60.6 Å². The molecule has 7 nitrogen and oxygen atoms in total. The molecule has 4 rings (SSSR count). The Hall–Kier alpha value is -3.91. The number of hydrogen-bond donors (Lipinski definition) is 0. The first-order valence-electron chi connectivity index (χ1n) is 11.2. The lowest BCUT2D eigenvalue weighted by Gasteiger charge is -2.46. The molecule has 3 aromatic rings. The molecule has 184 valence electrons. The van der Waals surface area contributed by atoms with Crippen LogP contribution >= 0.6 is 15.9 Å². The summed E-state index contributed by atoms with van der Waals surface area (Å²) in [4.78, 5) is 39.1. The Morgan fingerprint density at radius 2 is 1.75 bits per heavy atom. The Labute approximate surface area is 217 Å². The molecule has 8 heteroatoms. The topological polar surface area (TPSA) is 82.1 Å². The highest BCUT2D eigenvalue weighted by atomic mass is 79.9. The lowest BCUT2D eigenvalue weighted by atomic mass is 9.80. The zero-order chi connectivity index (χ0) is 25.7. The number of ether oxygens (including phenoxy) is 3. The van der Waals surface area contributed by atoms with Crippen LogP contribution in [0.5, 0.6) is 11.5 Å². The molecule has 0 aromatic heterocycles. The van der Waals surface area contributed by atoms with Gasteiger partial charge in [-0.1, -0.05) is 46.3 Å². The highest BCUT2D eigenvalue weighted by molar-refractivity contribution is 9.10. The fraction of sp³-hybridized carbons (Fsp3) is 0.179. The second-order valence-electron chi connectivity index (χ2n) is 8.06. The van der Waals surface area contributed by atoms with Gasteiger partial charge in [-0.05, 0) is 54.1 Å². The second kappa shape index (κ2) is 11.2. The molecule has 0 aliphatic carbocycles. The zero-order valence-electron chi connectivity index (χ0n) is 19.7. The first kappa shape index (κ1) is 25.2. The third-order valence-corrected chi connectivity index (χ3v) is 6.45. The van der Waals surface area contributed by atoms with Gasteiger partial charge >= 0.3 is 5.97 Å². The monoisotopic (exact) mass is 549 g/mol. The van der Waals surface area contributed by atoms with Crippen molar-refractivity contribution >= 4 is 39.8 Å². The van der Waals surface area contributed by atoms with Crippen molar-refractivity contribution in [3.05, 3.63) is 100 Å². The molecule has 3 aromatic carbocycles. The number of benzene rings is 3. The maximum atomic E-state index is 13.3. The number of carbonyl (C=O) groups is 3. The first-order valence-corrected chi connectivity index (χ1v) is 11.9. The van der Waals surface area contributed by atoms with Gasteiger partial charge in [-0.2, -0.15) is 0 Å². The number of aldehydes is 1. The van der Waals surface area contributed by atoms with Crippen molar-refractivity contribution in [1.29, 1.82) is 0 Å². The summed E-state index contributed by atoms with van der Waals surface area (Å²) in [6.45, 7) is -0.141. The number of carbonyl (C=O) groups excluding carboxylic acids is 3. The van der Waals surface area contributed by atoms with E-state index < -0.39 is 17.9 Å². The van der Waals surface area contributed by atoms with Gasteiger partial charge in [-0.3, -0.25) is 9.59 Å². The summed E-state index contributed by atoms with van der Waals surface area (Å²) in [6.07, 6.45) is 2.39. The number of nitrogens with zero attached hydrogens (tertiary/aromatic N) is 1. The summed E-state index contributed by atoms with van der Waals surface area (Å²) in [7, 11) is 2.86. The van der Waals surface area contributed by atoms with Crippen LogP contribution in [0.2, 0.25) is 0 Å². The van der Waals surface area contributed by atoms with E-state index in [1.807, 2.05) is 30.3 Å². The molecule has 1 heterocycles. The van der Waals surface area contributed by atoms with Gasteiger partial charge in [-0.25, -0.2) is 4.79 Å². The number of methoxy groups -OCH3 is 2. The number of amides is 1. The third kappa shape index (κ3) is 5.18. The summed E-state index contributed by atoms with van der Waals surface area (Å²) in [5.41, 5.74) is 2.09. The van der Waals surface area contributed by atoms with Gasteiger partial charge in [0.25, 0.3) is 0 Å². The molecule has 1 saturated heterocycles. The van der Waals surface area contributed by atoms with Crippen molar-refractivity contribution in [3.63, 3.8) is 0 Å². The Morgan fingerprint density at radius 3 is 2.39 bits per heavy atom. The molecule has 0 unspecified atom stereocenters. The van der Waals surface area contributed by atoms with Gasteiger partial charge in [0.2, 0.25) is 5.91 Å². The number of anilines is 1. The highest BCUT2D eigenvalue weighted by Crippen LogP contribution is 2.41. The Bertz CT molecular complexity index is 1290. The molecule has 1 amide bonds. The molecule has 0 bridgehead atoms. The Kier molecular flexibility index (Phi) is 7.85. The van der Waals surface area contributed by atoms with Crippen molar-refractivity contribution < 1.29 is 28.6 Å². The van der Waals surface area contributed by atoms with Gasteiger partial charge in [-0.15, -0.1) is 0 Å². The van der Waals surface area contributed by atoms with E-state index in [-0.39, 0.29) is 18.1 Å². The number of rotatable bonds is 9. The van der Waals surface area contributed by atoms with E-state index in [4.69, 9.17) is 14.2 Å². The predicted molar refractivity (Wildman–Crippen MR) is 139 cm³/mol. The Morgan fingerprint density at radius 1 is 1.03 bits per heavy atom. The number of esters is 1. The lowest BCUT2D eigenvalue weighted by Crippen LogP contribution is -2.59. The second-order valence-corrected chi connectivity index (χ2v) is 8.97. The number of β-lactam (4-membered cyclic amide) rings is 1. The van der Waals surface area contributed by atoms with Gasteiger partial charge in [0.1, 0.15) is 18.1 Å². The van der Waals surface area contributed by atoms with Crippen LogP contribution in [0.4, 0.5) is 5.69 Å². The molecular formula is C28H24BrNO6. The smallest absolute Gasteiger partial charge is 0.336 e. The maximum absolute atomic E-state index is 13.3. The minimum atomic E-state index is -0.583. The molecule has 2 atom stereocenters. The van der Waals surface area contributed by atoms with Gasteiger partial charge in [0.15, 0.2) is 6.29 Å². The van der Waals surface area contributed by atoms with Gasteiger partial charge in [0, 0.05) is 10.2 Å². The Balaban J connectivity index is 1.69. The molecule has 1 fully saturated rings. The standard InChI is InChI=1S/C28H24BrNO6/c1-34-23-11-9-22(10-12-23)30-24(26(27(30)32)18-6-4-3-5-7-18)15-20(28(33)35-2)17-36-25-13-8-21(29)14-19(25)16-31/h3-16,24,26H,17H2,1-2H3/b20-15-/t24-,26-/m0/s1. The van der Waals surface area contributed by atoms with Crippen LogP contribution in [0.3, 0.4) is 0 Å². The van der Waals surface area contributed by atoms with Crippen LogP contribution in [-0.2, 0) is 14.3 Å². The van der Waals surface area contributed by atoms with Crippen LogP contribution in [0.25, 0.3) is 0 Å². The molecule has 0 radical (unpaired) electrons. The van der Waals surface area contributed by atoms with Crippen LogP contribution in [0.1, 0.15) is 21.8 Å². The van der Waals surface area contributed by atoms with Crippen LogP contribution in [-0.4, -0.2) is 45.0 Å². The normalized spacial score (nSPS) is 17.2. The number of hydrogen-bond acceptors (Lipinski definition) is 6. The van der Waals surface area contributed by atoms with Crippen LogP contribution in [0.15, 0.2) is 88.9 Å².